The third-order valence-corrected chi connectivity index (χ3v) is 3.24. The summed E-state index contributed by atoms with van der Waals surface area (Å²) in [5.41, 5.74) is 13.1. The van der Waals surface area contributed by atoms with Gasteiger partial charge in [-0.25, -0.2) is 9.97 Å². The topological polar surface area (TPSA) is 99.1 Å². The van der Waals surface area contributed by atoms with E-state index in [9.17, 15) is 0 Å². The number of hydrogen-bond donors (Lipinski definition) is 3. The van der Waals surface area contributed by atoms with Crippen LogP contribution in [0.4, 0.5) is 11.5 Å². The van der Waals surface area contributed by atoms with E-state index in [1.807, 2.05) is 0 Å². The molecule has 1 saturated heterocycles. The maximum absolute atomic E-state index is 5.97. The molecule has 1 aliphatic rings. The minimum absolute atomic E-state index is 0.347. The molecule has 0 aliphatic carbocycles. The van der Waals surface area contributed by atoms with E-state index in [4.69, 9.17) is 16.2 Å². The van der Waals surface area contributed by atoms with Gasteiger partial charge in [0.05, 0.1) is 18.3 Å². The van der Waals surface area contributed by atoms with Crippen molar-refractivity contribution in [2.45, 2.75) is 5.92 Å². The highest BCUT2D eigenvalue weighted by Gasteiger charge is 2.23. The number of anilines is 2. The molecule has 6 heteroatoms. The van der Waals surface area contributed by atoms with E-state index in [0.717, 1.165) is 29.8 Å². The number of hydrogen-bond acceptors (Lipinski definition) is 6. The van der Waals surface area contributed by atoms with Crippen LogP contribution in [0.15, 0.2) is 12.1 Å². The van der Waals surface area contributed by atoms with Gasteiger partial charge >= 0.3 is 0 Å². The summed E-state index contributed by atoms with van der Waals surface area (Å²) in [6.07, 6.45) is 0. The number of aromatic nitrogens is 2. The van der Waals surface area contributed by atoms with Crippen molar-refractivity contribution in [2.75, 3.05) is 31.7 Å². The van der Waals surface area contributed by atoms with Crippen molar-refractivity contribution in [2.24, 2.45) is 0 Å². The molecule has 1 fully saturated rings. The Hall–Kier alpha value is -2.08. The van der Waals surface area contributed by atoms with Crippen molar-refractivity contribution in [1.82, 2.24) is 15.3 Å². The van der Waals surface area contributed by atoms with Crippen molar-refractivity contribution >= 4 is 22.4 Å². The van der Waals surface area contributed by atoms with Crippen LogP contribution in [0.1, 0.15) is 11.7 Å². The number of methoxy groups -OCH3 is 1. The van der Waals surface area contributed by atoms with E-state index in [-0.39, 0.29) is 0 Å². The summed E-state index contributed by atoms with van der Waals surface area (Å²) < 4.78 is 5.20. The number of nitrogen functional groups attached to an aromatic ring is 2. The van der Waals surface area contributed by atoms with Gasteiger partial charge in [0.15, 0.2) is 0 Å². The first-order valence-electron chi connectivity index (χ1n) is 5.80. The van der Waals surface area contributed by atoms with Gasteiger partial charge in [-0.3, -0.25) is 0 Å². The second-order valence-electron chi connectivity index (χ2n) is 4.43. The average molecular weight is 245 g/mol. The van der Waals surface area contributed by atoms with Gasteiger partial charge in [0.1, 0.15) is 17.4 Å². The van der Waals surface area contributed by atoms with Gasteiger partial charge in [0.2, 0.25) is 0 Å². The lowest BCUT2D eigenvalue weighted by Crippen LogP contribution is -2.40. The Kier molecular flexibility index (Phi) is 2.45. The third kappa shape index (κ3) is 1.62. The largest absolute Gasteiger partial charge is 0.495 e. The van der Waals surface area contributed by atoms with Crippen LogP contribution in [0.2, 0.25) is 0 Å². The lowest BCUT2D eigenvalue weighted by Gasteiger charge is -2.25. The Morgan fingerprint density at radius 2 is 2.06 bits per heavy atom. The molecule has 1 aromatic heterocycles. The highest BCUT2D eigenvalue weighted by molar-refractivity contribution is 5.92. The lowest BCUT2D eigenvalue weighted by molar-refractivity contribution is 0.417. The summed E-state index contributed by atoms with van der Waals surface area (Å²) in [6, 6.07) is 3.56. The first-order chi connectivity index (χ1) is 8.69. The molecule has 18 heavy (non-hydrogen) atoms. The third-order valence-electron chi connectivity index (χ3n) is 3.24. The molecule has 6 nitrogen and oxygen atoms in total. The number of nitrogens with one attached hydrogen (secondary N) is 1. The molecule has 5 N–H and O–H groups in total. The number of benzene rings is 1. The zero-order chi connectivity index (χ0) is 12.7. The zero-order valence-electron chi connectivity index (χ0n) is 10.1. The molecule has 0 spiro atoms. The van der Waals surface area contributed by atoms with Crippen molar-refractivity contribution < 1.29 is 4.74 Å². The van der Waals surface area contributed by atoms with E-state index in [1.54, 1.807) is 19.2 Å². The molecule has 3 rings (SSSR count). The van der Waals surface area contributed by atoms with E-state index >= 15 is 0 Å². The van der Waals surface area contributed by atoms with E-state index in [0.29, 0.717) is 23.2 Å². The molecule has 0 amide bonds. The van der Waals surface area contributed by atoms with Crippen molar-refractivity contribution in [3.63, 3.8) is 0 Å². The summed E-state index contributed by atoms with van der Waals surface area (Å²) in [6.45, 7) is 1.80. The molecule has 1 aliphatic heterocycles. The molecule has 0 unspecified atom stereocenters. The van der Waals surface area contributed by atoms with Gasteiger partial charge in [0.25, 0.3) is 0 Å². The Balaban J connectivity index is 2.18. The normalized spacial score (nSPS) is 15.6. The first kappa shape index (κ1) is 11.0. The Labute approximate surface area is 104 Å². The highest BCUT2D eigenvalue weighted by Crippen LogP contribution is 2.30. The molecule has 0 radical (unpaired) electrons. The summed E-state index contributed by atoms with van der Waals surface area (Å²) in [5.74, 6) is 2.21. The monoisotopic (exact) mass is 245 g/mol. The predicted octanol–water partition coefficient (Wildman–Crippen LogP) is 0.490. The van der Waals surface area contributed by atoms with Crippen LogP contribution < -0.4 is 21.5 Å². The average Bonchev–Trinajstić information content (AvgIpc) is 2.27. The second kappa shape index (κ2) is 3.99. The SMILES string of the molecule is COc1cc2nc(C3CNC3)nc(N)c2cc1N. The number of nitrogens with two attached hydrogens (primary N) is 2. The van der Waals surface area contributed by atoms with Gasteiger partial charge in [-0.1, -0.05) is 0 Å². The first-order valence-corrected chi connectivity index (χ1v) is 5.80. The van der Waals surface area contributed by atoms with Crippen LogP contribution in [0.25, 0.3) is 10.9 Å². The molecule has 0 saturated carbocycles. The number of nitrogens with zero attached hydrogens (tertiary/aromatic N) is 2. The van der Waals surface area contributed by atoms with Gasteiger partial charge in [-0.2, -0.15) is 0 Å². The number of ether oxygens (including phenoxy) is 1. The maximum atomic E-state index is 5.97. The van der Waals surface area contributed by atoms with E-state index in [2.05, 4.69) is 15.3 Å². The number of rotatable bonds is 2. The molecule has 2 aromatic rings. The Morgan fingerprint density at radius 3 is 2.67 bits per heavy atom. The number of fused-ring (bicyclic) bond motifs is 1. The van der Waals surface area contributed by atoms with Crippen LogP contribution in [-0.2, 0) is 0 Å². The molecule has 0 bridgehead atoms. The fourth-order valence-electron chi connectivity index (χ4n) is 2.05. The van der Waals surface area contributed by atoms with Crippen LogP contribution in [0.3, 0.4) is 0 Å². The molecule has 2 heterocycles. The molecular weight excluding hydrogens is 230 g/mol. The van der Waals surface area contributed by atoms with Gasteiger partial charge in [0, 0.05) is 30.5 Å². The Morgan fingerprint density at radius 1 is 1.28 bits per heavy atom. The molecule has 1 aromatic carbocycles. The van der Waals surface area contributed by atoms with Gasteiger partial charge in [-0.05, 0) is 6.07 Å². The van der Waals surface area contributed by atoms with E-state index in [1.165, 1.54) is 0 Å². The Bertz CT molecular complexity index is 609. The maximum Gasteiger partial charge on any atom is 0.143 e. The van der Waals surface area contributed by atoms with Crippen LogP contribution >= 0.6 is 0 Å². The summed E-state index contributed by atoms with van der Waals surface area (Å²) in [7, 11) is 1.58. The second-order valence-corrected chi connectivity index (χ2v) is 4.43. The zero-order valence-corrected chi connectivity index (χ0v) is 10.1. The predicted molar refractivity (Wildman–Crippen MR) is 70.5 cm³/mol. The fourth-order valence-corrected chi connectivity index (χ4v) is 2.05. The molecule has 0 atom stereocenters. The summed E-state index contributed by atoms with van der Waals surface area (Å²) in [4.78, 5) is 8.89. The van der Waals surface area contributed by atoms with Crippen molar-refractivity contribution in [3.05, 3.63) is 18.0 Å². The summed E-state index contributed by atoms with van der Waals surface area (Å²) in [5, 5.41) is 3.96. The summed E-state index contributed by atoms with van der Waals surface area (Å²) >= 11 is 0. The molecular formula is C12H15N5O. The molecule has 94 valence electrons. The smallest absolute Gasteiger partial charge is 0.143 e. The van der Waals surface area contributed by atoms with Gasteiger partial charge in [-0.15, -0.1) is 0 Å². The van der Waals surface area contributed by atoms with Crippen LogP contribution in [0.5, 0.6) is 5.75 Å². The minimum Gasteiger partial charge on any atom is -0.495 e. The van der Waals surface area contributed by atoms with Gasteiger partial charge < -0.3 is 21.5 Å². The highest BCUT2D eigenvalue weighted by atomic mass is 16.5. The fraction of sp³-hybridized carbons (Fsp3) is 0.333. The standard InChI is InChI=1S/C12H15N5O/c1-18-10-3-9-7(2-8(10)13)11(14)17-12(16-9)6-4-15-5-6/h2-3,6,15H,4-5,13H2,1H3,(H2,14,16,17). The van der Waals surface area contributed by atoms with Crippen molar-refractivity contribution in [1.29, 1.82) is 0 Å². The lowest BCUT2D eigenvalue weighted by atomic mass is 10.0. The minimum atomic E-state index is 0.347. The van der Waals surface area contributed by atoms with E-state index < -0.39 is 0 Å². The van der Waals surface area contributed by atoms with Crippen LogP contribution in [0, 0.1) is 0 Å². The van der Waals surface area contributed by atoms with Crippen LogP contribution in [-0.4, -0.2) is 30.2 Å². The van der Waals surface area contributed by atoms with Crippen molar-refractivity contribution in [3.8, 4) is 5.75 Å². The quantitative estimate of drug-likeness (QED) is 0.666.